The van der Waals surface area contributed by atoms with E-state index in [1.165, 1.54) is 30.3 Å². The first-order chi connectivity index (χ1) is 9.63. The fourth-order valence-electron chi connectivity index (χ4n) is 1.64. The first-order valence-electron chi connectivity index (χ1n) is 5.61. The van der Waals surface area contributed by atoms with Gasteiger partial charge < -0.3 is 14.7 Å². The van der Waals surface area contributed by atoms with Gasteiger partial charge in [0, 0.05) is 0 Å². The Morgan fingerprint density at radius 1 is 1.10 bits per heavy atom. The van der Waals surface area contributed by atoms with Crippen LogP contribution in [0.5, 0.6) is 11.5 Å². The van der Waals surface area contributed by atoms with Gasteiger partial charge in [0.25, 0.3) is 5.89 Å². The number of halogens is 1. The lowest BCUT2D eigenvalue weighted by atomic mass is 10.2. The summed E-state index contributed by atoms with van der Waals surface area (Å²) in [5.74, 6) is -0.437. The predicted octanol–water partition coefficient (Wildman–Crippen LogP) is 2.35. The molecular weight excluding hydrogens is 265 g/mol. The van der Waals surface area contributed by atoms with Crippen LogP contribution in [-0.4, -0.2) is 25.3 Å². The molecule has 1 aromatic carbocycles. The van der Waals surface area contributed by atoms with Crippen molar-refractivity contribution in [3.8, 4) is 34.5 Å². The van der Waals surface area contributed by atoms with Crippen molar-refractivity contribution in [3.05, 3.63) is 42.3 Å². The summed E-state index contributed by atoms with van der Waals surface area (Å²) in [6, 6.07) is 6.57. The quantitative estimate of drug-likeness (QED) is 0.696. The summed E-state index contributed by atoms with van der Waals surface area (Å²) in [5, 5.41) is 22.8. The van der Waals surface area contributed by atoms with E-state index in [0.717, 1.165) is 6.20 Å². The molecule has 0 saturated carbocycles. The monoisotopic (exact) mass is 273 g/mol. The molecule has 0 radical (unpaired) electrons. The molecule has 0 aliphatic carbocycles. The molecule has 2 N–H and O–H groups in total. The summed E-state index contributed by atoms with van der Waals surface area (Å²) in [6.07, 6.45) is 1.04. The molecule has 3 aromatic rings. The van der Waals surface area contributed by atoms with Gasteiger partial charge in [-0.05, 0) is 30.3 Å². The number of aromatic nitrogens is 3. The number of benzene rings is 1. The average molecular weight is 273 g/mol. The van der Waals surface area contributed by atoms with Crippen LogP contribution in [0.4, 0.5) is 4.39 Å². The number of hydrogen-bond acceptors (Lipinski definition) is 6. The van der Waals surface area contributed by atoms with Gasteiger partial charge in [0.15, 0.2) is 0 Å². The highest BCUT2D eigenvalue weighted by Gasteiger charge is 2.15. The Morgan fingerprint density at radius 3 is 2.70 bits per heavy atom. The third-order valence-electron chi connectivity index (χ3n) is 2.59. The molecule has 0 fully saturated rings. The SMILES string of the molecule is Oc1ccc(O)c(-c2nc(-c3ccc(F)cn3)no2)c1. The first-order valence-corrected chi connectivity index (χ1v) is 5.61. The number of pyridine rings is 1. The van der Waals surface area contributed by atoms with Crippen molar-refractivity contribution in [2.24, 2.45) is 0 Å². The van der Waals surface area contributed by atoms with Gasteiger partial charge in [0.1, 0.15) is 23.0 Å². The lowest BCUT2D eigenvalue weighted by Crippen LogP contribution is -1.86. The molecule has 2 aromatic heterocycles. The molecular formula is C13H8FN3O3. The minimum absolute atomic E-state index is 0.0273. The van der Waals surface area contributed by atoms with Crippen LogP contribution in [0, 0.1) is 5.82 Å². The zero-order valence-electron chi connectivity index (χ0n) is 9.99. The second-order valence-corrected chi connectivity index (χ2v) is 3.99. The fraction of sp³-hybridized carbons (Fsp3) is 0. The molecule has 0 unspecified atom stereocenters. The van der Waals surface area contributed by atoms with Gasteiger partial charge in [-0.15, -0.1) is 0 Å². The number of rotatable bonds is 2. The summed E-state index contributed by atoms with van der Waals surface area (Å²) >= 11 is 0. The van der Waals surface area contributed by atoms with E-state index in [1.54, 1.807) is 0 Å². The molecule has 3 rings (SSSR count). The van der Waals surface area contributed by atoms with Gasteiger partial charge in [-0.2, -0.15) is 4.98 Å². The normalized spacial score (nSPS) is 10.7. The Bertz CT molecular complexity index is 756. The Labute approximate surface area is 112 Å². The third kappa shape index (κ3) is 2.16. The Hall–Kier alpha value is -2.96. The van der Waals surface area contributed by atoms with E-state index in [0.29, 0.717) is 5.69 Å². The van der Waals surface area contributed by atoms with Crippen molar-refractivity contribution in [1.29, 1.82) is 0 Å². The summed E-state index contributed by atoms with van der Waals surface area (Å²) in [5.41, 5.74) is 0.534. The molecule has 0 atom stereocenters. The molecule has 6 nitrogen and oxygen atoms in total. The van der Waals surface area contributed by atoms with Crippen molar-refractivity contribution >= 4 is 0 Å². The summed E-state index contributed by atoms with van der Waals surface area (Å²) in [7, 11) is 0. The Balaban J connectivity index is 2.01. The summed E-state index contributed by atoms with van der Waals surface area (Å²) in [4.78, 5) is 7.87. The zero-order chi connectivity index (χ0) is 14.1. The highest BCUT2D eigenvalue weighted by molar-refractivity contribution is 5.65. The molecule has 7 heteroatoms. The molecule has 20 heavy (non-hydrogen) atoms. The Kier molecular flexibility index (Phi) is 2.79. The lowest BCUT2D eigenvalue weighted by molar-refractivity contribution is 0.423. The van der Waals surface area contributed by atoms with Crippen molar-refractivity contribution < 1.29 is 19.1 Å². The van der Waals surface area contributed by atoms with E-state index in [-0.39, 0.29) is 28.8 Å². The van der Waals surface area contributed by atoms with Gasteiger partial charge in [-0.25, -0.2) is 9.37 Å². The maximum Gasteiger partial charge on any atom is 0.262 e. The highest BCUT2D eigenvalue weighted by atomic mass is 19.1. The van der Waals surface area contributed by atoms with E-state index in [1.807, 2.05) is 0 Å². The zero-order valence-corrected chi connectivity index (χ0v) is 9.99. The minimum Gasteiger partial charge on any atom is -0.508 e. The predicted molar refractivity (Wildman–Crippen MR) is 66.3 cm³/mol. The molecule has 0 spiro atoms. The van der Waals surface area contributed by atoms with Crippen LogP contribution in [0.15, 0.2) is 41.1 Å². The molecule has 100 valence electrons. The number of aromatic hydroxyl groups is 2. The molecule has 0 aliphatic rings. The van der Waals surface area contributed by atoms with E-state index >= 15 is 0 Å². The van der Waals surface area contributed by atoms with Crippen molar-refractivity contribution in [1.82, 2.24) is 15.1 Å². The Morgan fingerprint density at radius 2 is 1.95 bits per heavy atom. The molecule has 2 heterocycles. The number of nitrogens with zero attached hydrogens (tertiary/aromatic N) is 3. The summed E-state index contributed by atoms with van der Waals surface area (Å²) in [6.45, 7) is 0. The number of phenols is 2. The van der Waals surface area contributed by atoms with Gasteiger partial charge >= 0.3 is 0 Å². The fourth-order valence-corrected chi connectivity index (χ4v) is 1.64. The van der Waals surface area contributed by atoms with Gasteiger partial charge in [-0.1, -0.05) is 5.16 Å². The van der Waals surface area contributed by atoms with Gasteiger partial charge in [-0.3, -0.25) is 0 Å². The maximum absolute atomic E-state index is 12.8. The highest BCUT2D eigenvalue weighted by Crippen LogP contribution is 2.31. The van der Waals surface area contributed by atoms with E-state index in [4.69, 9.17) is 4.52 Å². The van der Waals surface area contributed by atoms with E-state index in [9.17, 15) is 14.6 Å². The topological polar surface area (TPSA) is 92.3 Å². The third-order valence-corrected chi connectivity index (χ3v) is 2.59. The van der Waals surface area contributed by atoms with Crippen LogP contribution < -0.4 is 0 Å². The largest absolute Gasteiger partial charge is 0.508 e. The van der Waals surface area contributed by atoms with E-state index in [2.05, 4.69) is 15.1 Å². The number of hydrogen-bond donors (Lipinski definition) is 2. The van der Waals surface area contributed by atoms with E-state index < -0.39 is 5.82 Å². The van der Waals surface area contributed by atoms with Crippen LogP contribution in [0.2, 0.25) is 0 Å². The smallest absolute Gasteiger partial charge is 0.262 e. The van der Waals surface area contributed by atoms with Crippen LogP contribution in [0.3, 0.4) is 0 Å². The molecule has 0 amide bonds. The van der Waals surface area contributed by atoms with Gasteiger partial charge in [0.05, 0.1) is 11.8 Å². The second kappa shape index (κ2) is 4.61. The molecule has 0 bridgehead atoms. The van der Waals surface area contributed by atoms with Crippen LogP contribution in [-0.2, 0) is 0 Å². The van der Waals surface area contributed by atoms with Crippen molar-refractivity contribution in [2.45, 2.75) is 0 Å². The maximum atomic E-state index is 12.8. The first kappa shape index (κ1) is 12.1. The van der Waals surface area contributed by atoms with Crippen LogP contribution >= 0.6 is 0 Å². The van der Waals surface area contributed by atoms with Crippen LogP contribution in [0.25, 0.3) is 23.0 Å². The number of phenolic OH excluding ortho intramolecular Hbond substituents is 2. The second-order valence-electron chi connectivity index (χ2n) is 3.99. The van der Waals surface area contributed by atoms with Crippen LogP contribution in [0.1, 0.15) is 0 Å². The van der Waals surface area contributed by atoms with Gasteiger partial charge in [0.2, 0.25) is 5.82 Å². The van der Waals surface area contributed by atoms with Crippen molar-refractivity contribution in [3.63, 3.8) is 0 Å². The molecule has 0 saturated heterocycles. The van der Waals surface area contributed by atoms with Crippen molar-refractivity contribution in [2.75, 3.05) is 0 Å². The minimum atomic E-state index is -0.469. The lowest BCUT2D eigenvalue weighted by Gasteiger charge is -1.99. The standard InChI is InChI=1S/C13H8FN3O3/c14-7-1-3-10(15-6-7)12-16-13(20-17-12)9-5-8(18)2-4-11(9)19/h1-6,18-19H. The molecule has 0 aliphatic heterocycles. The summed E-state index contributed by atoms with van der Waals surface area (Å²) < 4.78 is 17.8. The average Bonchev–Trinajstić information content (AvgIpc) is 2.92.